The number of aromatic nitrogens is 2. The summed E-state index contributed by atoms with van der Waals surface area (Å²) in [6.07, 6.45) is 7.36. The number of hydrogen-bond donors (Lipinski definition) is 1. The zero-order chi connectivity index (χ0) is 13.4. The van der Waals surface area contributed by atoms with Crippen LogP contribution in [0, 0.1) is 17.8 Å². The molecule has 2 fully saturated rings. The minimum absolute atomic E-state index is 0.113. The molecule has 3 rings (SSSR count). The van der Waals surface area contributed by atoms with Crippen molar-refractivity contribution in [2.75, 3.05) is 13.7 Å². The number of rotatable bonds is 5. The maximum atomic E-state index is 6.55. The van der Waals surface area contributed by atoms with E-state index in [1.807, 2.05) is 10.9 Å². The van der Waals surface area contributed by atoms with Crippen LogP contribution in [0.25, 0.3) is 0 Å². The second-order valence-electron chi connectivity index (χ2n) is 5.81. The summed E-state index contributed by atoms with van der Waals surface area (Å²) in [5.41, 5.74) is 7.70. The van der Waals surface area contributed by atoms with Crippen molar-refractivity contribution in [2.45, 2.75) is 38.3 Å². The first kappa shape index (κ1) is 13.6. The summed E-state index contributed by atoms with van der Waals surface area (Å²) in [5, 5.41) is 4.41. The van der Waals surface area contributed by atoms with Crippen LogP contribution < -0.4 is 5.73 Å². The summed E-state index contributed by atoms with van der Waals surface area (Å²) in [7, 11) is 1.72. The van der Waals surface area contributed by atoms with Crippen molar-refractivity contribution >= 4 is 15.9 Å². The van der Waals surface area contributed by atoms with Crippen molar-refractivity contribution in [1.29, 1.82) is 0 Å². The molecule has 0 aliphatic heterocycles. The van der Waals surface area contributed by atoms with Crippen molar-refractivity contribution < 1.29 is 4.74 Å². The van der Waals surface area contributed by atoms with E-state index in [2.05, 4.69) is 21.0 Å². The van der Waals surface area contributed by atoms with Crippen molar-refractivity contribution in [3.05, 3.63) is 16.4 Å². The first-order chi connectivity index (χ1) is 9.24. The highest BCUT2D eigenvalue weighted by molar-refractivity contribution is 9.10. The Labute approximate surface area is 122 Å². The van der Waals surface area contributed by atoms with E-state index in [-0.39, 0.29) is 6.04 Å². The number of hydrogen-bond acceptors (Lipinski definition) is 3. The topological polar surface area (TPSA) is 53.1 Å². The average Bonchev–Trinajstić information content (AvgIpc) is 3.04. The van der Waals surface area contributed by atoms with E-state index in [0.29, 0.717) is 12.5 Å². The van der Waals surface area contributed by atoms with Crippen LogP contribution in [0.4, 0.5) is 0 Å². The molecule has 0 aromatic carbocycles. The summed E-state index contributed by atoms with van der Waals surface area (Å²) < 4.78 is 8.19. The third-order valence-electron chi connectivity index (χ3n) is 4.79. The Hall–Kier alpha value is -0.390. The van der Waals surface area contributed by atoms with Gasteiger partial charge in [0.15, 0.2) is 0 Å². The van der Waals surface area contributed by atoms with E-state index in [4.69, 9.17) is 10.5 Å². The Bertz CT molecular complexity index is 436. The second-order valence-corrected chi connectivity index (χ2v) is 6.66. The van der Waals surface area contributed by atoms with Crippen LogP contribution in [-0.4, -0.2) is 23.5 Å². The first-order valence-electron chi connectivity index (χ1n) is 7.19. The number of halogens is 1. The fraction of sp³-hybridized carbons (Fsp3) is 0.786. The lowest BCUT2D eigenvalue weighted by molar-refractivity contribution is 0.181. The van der Waals surface area contributed by atoms with Gasteiger partial charge in [-0.05, 0) is 46.5 Å². The number of nitrogens with two attached hydrogens (primary N) is 1. The van der Waals surface area contributed by atoms with Crippen molar-refractivity contribution in [2.24, 2.45) is 23.5 Å². The summed E-state index contributed by atoms with van der Waals surface area (Å²) in [4.78, 5) is 0. The quantitative estimate of drug-likeness (QED) is 0.904. The highest BCUT2D eigenvalue weighted by Crippen LogP contribution is 2.60. The van der Waals surface area contributed by atoms with Crippen LogP contribution >= 0.6 is 15.9 Å². The molecule has 0 amide bonds. The standard InChI is InChI=1S/C14H22BrN3O/c1-19-7-6-18-14(11(15)8-17-18)13(16)12-9-4-2-3-5-10(9)12/h8-10,12-13H,2-7,16H2,1H3. The average molecular weight is 328 g/mol. The van der Waals surface area contributed by atoms with Gasteiger partial charge in [-0.3, -0.25) is 4.68 Å². The third-order valence-corrected chi connectivity index (χ3v) is 5.40. The summed E-state index contributed by atoms with van der Waals surface area (Å²) in [5.74, 6) is 2.39. The Kier molecular flexibility index (Phi) is 3.96. The molecule has 2 saturated carbocycles. The zero-order valence-electron chi connectivity index (χ0n) is 11.4. The van der Waals surface area contributed by atoms with E-state index in [0.717, 1.165) is 28.5 Å². The van der Waals surface area contributed by atoms with Crippen LogP contribution in [0.15, 0.2) is 10.7 Å². The predicted molar refractivity (Wildman–Crippen MR) is 77.7 cm³/mol. The molecule has 2 aliphatic carbocycles. The minimum Gasteiger partial charge on any atom is -0.383 e. The Morgan fingerprint density at radius 2 is 2.16 bits per heavy atom. The van der Waals surface area contributed by atoms with Crippen molar-refractivity contribution in [3.8, 4) is 0 Å². The van der Waals surface area contributed by atoms with Crippen molar-refractivity contribution in [1.82, 2.24) is 9.78 Å². The monoisotopic (exact) mass is 327 g/mol. The molecular formula is C14H22BrN3O. The van der Waals surface area contributed by atoms with Gasteiger partial charge < -0.3 is 10.5 Å². The largest absolute Gasteiger partial charge is 0.383 e. The molecule has 19 heavy (non-hydrogen) atoms. The molecule has 0 saturated heterocycles. The molecule has 106 valence electrons. The Morgan fingerprint density at radius 3 is 2.79 bits per heavy atom. The maximum absolute atomic E-state index is 6.55. The smallest absolute Gasteiger partial charge is 0.0697 e. The van der Waals surface area contributed by atoms with Gasteiger partial charge >= 0.3 is 0 Å². The molecule has 0 radical (unpaired) electrons. The summed E-state index contributed by atoms with van der Waals surface area (Å²) in [6, 6.07) is 0.113. The summed E-state index contributed by atoms with van der Waals surface area (Å²) >= 11 is 3.60. The van der Waals surface area contributed by atoms with Gasteiger partial charge in [-0.1, -0.05) is 12.8 Å². The Balaban J connectivity index is 1.76. The van der Waals surface area contributed by atoms with Gasteiger partial charge in [-0.25, -0.2) is 0 Å². The molecule has 1 aromatic rings. The van der Waals surface area contributed by atoms with E-state index >= 15 is 0 Å². The molecule has 1 heterocycles. The van der Waals surface area contributed by atoms with Crippen LogP contribution in [0.5, 0.6) is 0 Å². The van der Waals surface area contributed by atoms with E-state index in [1.54, 1.807) is 7.11 Å². The zero-order valence-corrected chi connectivity index (χ0v) is 13.0. The fourth-order valence-electron chi connectivity index (χ4n) is 3.82. The lowest BCUT2D eigenvalue weighted by Crippen LogP contribution is -2.21. The fourth-order valence-corrected chi connectivity index (χ4v) is 4.38. The number of fused-ring (bicyclic) bond motifs is 1. The normalized spacial score (nSPS) is 31.0. The van der Waals surface area contributed by atoms with Gasteiger partial charge in [-0.15, -0.1) is 0 Å². The number of methoxy groups -OCH3 is 1. The molecule has 2 N–H and O–H groups in total. The molecule has 3 unspecified atom stereocenters. The molecular weight excluding hydrogens is 306 g/mol. The van der Waals surface area contributed by atoms with Crippen molar-refractivity contribution in [3.63, 3.8) is 0 Å². The third kappa shape index (κ3) is 2.48. The van der Waals surface area contributed by atoms with Gasteiger partial charge in [0.05, 0.1) is 35.6 Å². The SMILES string of the molecule is COCCn1ncc(Br)c1C(N)C1C2CCCCC21. The minimum atomic E-state index is 0.113. The molecule has 5 heteroatoms. The maximum Gasteiger partial charge on any atom is 0.0697 e. The first-order valence-corrected chi connectivity index (χ1v) is 7.99. The highest BCUT2D eigenvalue weighted by atomic mass is 79.9. The van der Waals surface area contributed by atoms with Gasteiger partial charge in [0.2, 0.25) is 0 Å². The van der Waals surface area contributed by atoms with Crippen LogP contribution in [-0.2, 0) is 11.3 Å². The number of ether oxygens (including phenoxy) is 1. The van der Waals surface area contributed by atoms with Crippen LogP contribution in [0.2, 0.25) is 0 Å². The van der Waals surface area contributed by atoms with Gasteiger partial charge in [0, 0.05) is 7.11 Å². The summed E-state index contributed by atoms with van der Waals surface area (Å²) in [6.45, 7) is 1.44. The predicted octanol–water partition coefficient (Wildman–Crippen LogP) is 2.73. The van der Waals surface area contributed by atoms with E-state index < -0.39 is 0 Å². The molecule has 1 aromatic heterocycles. The lowest BCUT2D eigenvalue weighted by Gasteiger charge is -2.15. The second kappa shape index (κ2) is 5.54. The number of nitrogens with zero attached hydrogens (tertiary/aromatic N) is 2. The van der Waals surface area contributed by atoms with Crippen LogP contribution in [0.3, 0.4) is 0 Å². The van der Waals surface area contributed by atoms with E-state index in [1.165, 1.54) is 25.7 Å². The van der Waals surface area contributed by atoms with Crippen LogP contribution in [0.1, 0.15) is 37.4 Å². The lowest BCUT2D eigenvalue weighted by atomic mass is 10.0. The highest BCUT2D eigenvalue weighted by Gasteiger charge is 2.54. The molecule has 2 aliphatic rings. The van der Waals surface area contributed by atoms with Gasteiger partial charge in [0.1, 0.15) is 0 Å². The molecule has 4 nitrogen and oxygen atoms in total. The van der Waals surface area contributed by atoms with E-state index in [9.17, 15) is 0 Å². The Morgan fingerprint density at radius 1 is 1.47 bits per heavy atom. The molecule has 0 bridgehead atoms. The van der Waals surface area contributed by atoms with Gasteiger partial charge in [-0.2, -0.15) is 5.10 Å². The molecule has 0 spiro atoms. The van der Waals surface area contributed by atoms with Gasteiger partial charge in [0.25, 0.3) is 0 Å². The molecule has 3 atom stereocenters.